The Morgan fingerprint density at radius 1 is 0.833 bits per heavy atom. The van der Waals surface area contributed by atoms with Crippen LogP contribution in [0.3, 0.4) is 0 Å². The fraction of sp³-hybridized carbons (Fsp3) is 0.346. The van der Waals surface area contributed by atoms with E-state index < -0.39 is 10.0 Å². The zero-order chi connectivity index (χ0) is 22.3. The molecule has 0 aliphatic heterocycles. The van der Waals surface area contributed by atoms with Gasteiger partial charge in [-0.05, 0) is 65.5 Å². The largest absolute Gasteiger partial charge is 0.255 e. The number of hydrogen-bond donors (Lipinski definition) is 0. The number of aromatic nitrogens is 1. The van der Waals surface area contributed by atoms with Crippen molar-refractivity contribution in [3.63, 3.8) is 0 Å². The molecule has 1 aromatic heterocycles. The molecule has 0 amide bonds. The van der Waals surface area contributed by atoms with Crippen molar-refractivity contribution >= 4 is 25.7 Å². The number of nitrogens with zero attached hydrogens (tertiary/aromatic N) is 1. The molecule has 0 aliphatic carbocycles. The number of hydrogen-bond acceptors (Lipinski definition) is 1. The topological polar surface area (TPSA) is 12.9 Å². The molecule has 2 aromatic carbocycles. The summed E-state index contributed by atoms with van der Waals surface area (Å²) in [6, 6.07) is 19.7. The first-order valence-corrected chi connectivity index (χ1v) is 13.5. The summed E-state index contributed by atoms with van der Waals surface area (Å²) in [7, 11) is 3.87. The van der Waals surface area contributed by atoms with Crippen LogP contribution in [0.2, 0.25) is 0 Å². The van der Waals surface area contributed by atoms with Gasteiger partial charge in [0.1, 0.15) is 15.7 Å². The molecule has 0 bridgehead atoms. The third kappa shape index (κ3) is 4.39. The van der Waals surface area contributed by atoms with E-state index in [4.69, 9.17) is 4.98 Å². The van der Waals surface area contributed by atoms with Crippen LogP contribution in [-0.2, 0) is 5.21 Å². The van der Waals surface area contributed by atoms with E-state index in [2.05, 4.69) is 123 Å². The minimum Gasteiger partial charge on any atom is -0.255 e. The Kier molecular flexibility index (Phi) is 6.04. The summed E-state index contributed by atoms with van der Waals surface area (Å²) < 4.78 is 0. The summed E-state index contributed by atoms with van der Waals surface area (Å²) in [6.07, 6.45) is 9.26. The maximum absolute atomic E-state index is 4.99. The van der Waals surface area contributed by atoms with E-state index in [1.54, 1.807) is 0 Å². The molecule has 4 heteroatoms. The molecular formula is C26H35B2NS. The van der Waals surface area contributed by atoms with E-state index in [1.165, 1.54) is 32.7 Å². The first-order valence-electron chi connectivity index (χ1n) is 10.7. The third-order valence-electron chi connectivity index (χ3n) is 6.70. The molecule has 0 N–H and O–H groups in total. The predicted molar refractivity (Wildman–Crippen MR) is 142 cm³/mol. The van der Waals surface area contributed by atoms with Crippen LogP contribution in [0.15, 0.2) is 65.7 Å². The normalized spacial score (nSPS) is 13.3. The van der Waals surface area contributed by atoms with Crippen LogP contribution in [0.5, 0.6) is 0 Å². The van der Waals surface area contributed by atoms with Crippen LogP contribution < -0.4 is 0 Å². The number of benzene rings is 2. The maximum Gasteiger partial charge on any atom is 0.105 e. The Morgan fingerprint density at radius 3 is 2.03 bits per heavy atom. The SMILES string of the molecule is BC(B)(c1cc(-c2cc(-c3ccccc3)ccc2C)ncc1S(C)(C)C)C(C)(C)C. The average molecular weight is 415 g/mol. The van der Waals surface area contributed by atoms with Gasteiger partial charge in [0.15, 0.2) is 0 Å². The minimum atomic E-state index is -0.900. The quantitative estimate of drug-likeness (QED) is 0.531. The van der Waals surface area contributed by atoms with Gasteiger partial charge in [-0.25, -0.2) is 10.0 Å². The van der Waals surface area contributed by atoms with Crippen molar-refractivity contribution in [2.24, 2.45) is 5.41 Å². The second-order valence-corrected chi connectivity index (χ2v) is 14.8. The highest BCUT2D eigenvalue weighted by molar-refractivity contribution is 8.32. The van der Waals surface area contributed by atoms with Crippen LogP contribution in [0, 0.1) is 12.3 Å². The van der Waals surface area contributed by atoms with Crippen molar-refractivity contribution < 1.29 is 0 Å². The Bertz CT molecular complexity index is 1040. The molecule has 0 unspecified atom stereocenters. The molecule has 156 valence electrons. The fourth-order valence-electron chi connectivity index (χ4n) is 3.68. The standard InChI is InChI=1S/C26H35B2NS/c1-18-13-14-20(19-11-9-8-10-12-19)15-21(18)23-16-22(26(27,28)25(2,3)4)24(17-29-23)30(5,6)7/h8-17H,27-28H2,1-7H3. The zero-order valence-corrected chi connectivity index (χ0v) is 20.9. The van der Waals surface area contributed by atoms with Crippen molar-refractivity contribution in [2.75, 3.05) is 18.8 Å². The lowest BCUT2D eigenvalue weighted by atomic mass is 9.41. The van der Waals surface area contributed by atoms with Crippen LogP contribution in [-0.4, -0.2) is 39.4 Å². The van der Waals surface area contributed by atoms with E-state index in [9.17, 15) is 0 Å². The molecule has 0 saturated heterocycles. The molecule has 0 atom stereocenters. The summed E-state index contributed by atoms with van der Waals surface area (Å²) in [5, 5.41) is 0.0330. The third-order valence-corrected chi connectivity index (χ3v) is 8.34. The molecule has 1 nitrogen and oxygen atoms in total. The Labute approximate surface area is 186 Å². The highest BCUT2D eigenvalue weighted by atomic mass is 32.3. The summed E-state index contributed by atoms with van der Waals surface area (Å²) in [5.74, 6) is 0. The summed E-state index contributed by atoms with van der Waals surface area (Å²) in [5.41, 5.74) is 7.61. The van der Waals surface area contributed by atoms with Gasteiger partial charge < -0.3 is 0 Å². The molecule has 30 heavy (non-hydrogen) atoms. The van der Waals surface area contributed by atoms with Crippen LogP contribution >= 0.6 is 10.0 Å². The van der Waals surface area contributed by atoms with Gasteiger partial charge >= 0.3 is 0 Å². The molecule has 0 fully saturated rings. The van der Waals surface area contributed by atoms with Gasteiger partial charge in [-0.2, -0.15) is 0 Å². The molecular weight excluding hydrogens is 380 g/mol. The Morgan fingerprint density at radius 2 is 1.47 bits per heavy atom. The van der Waals surface area contributed by atoms with Gasteiger partial charge in [-0.1, -0.05) is 68.4 Å². The molecule has 0 aliphatic rings. The number of pyridine rings is 1. The maximum atomic E-state index is 4.99. The van der Waals surface area contributed by atoms with E-state index in [-0.39, 0.29) is 10.6 Å². The second-order valence-electron chi connectivity index (χ2n) is 10.7. The number of rotatable bonds is 4. The molecule has 0 radical (unpaired) electrons. The van der Waals surface area contributed by atoms with Crippen molar-refractivity contribution in [2.45, 2.75) is 37.8 Å². The lowest BCUT2D eigenvalue weighted by molar-refractivity contribution is 0.355. The van der Waals surface area contributed by atoms with E-state index in [0.717, 1.165) is 5.69 Å². The molecule has 3 rings (SSSR count). The second kappa shape index (κ2) is 7.96. The van der Waals surface area contributed by atoms with Gasteiger partial charge in [-0.15, -0.1) is 0 Å². The van der Waals surface area contributed by atoms with Crippen LogP contribution in [0.4, 0.5) is 0 Å². The highest BCUT2D eigenvalue weighted by Gasteiger charge is 2.37. The number of aryl methyl sites for hydroxylation is 1. The van der Waals surface area contributed by atoms with E-state index >= 15 is 0 Å². The molecule has 0 saturated carbocycles. The highest BCUT2D eigenvalue weighted by Crippen LogP contribution is 2.52. The first kappa shape index (κ1) is 22.7. The van der Waals surface area contributed by atoms with Crippen molar-refractivity contribution in [3.8, 4) is 22.4 Å². The van der Waals surface area contributed by atoms with E-state index in [1.807, 2.05) is 0 Å². The van der Waals surface area contributed by atoms with Gasteiger partial charge in [0.2, 0.25) is 0 Å². The van der Waals surface area contributed by atoms with Gasteiger partial charge in [0, 0.05) is 16.7 Å². The summed E-state index contributed by atoms with van der Waals surface area (Å²) in [4.78, 5) is 6.41. The smallest absolute Gasteiger partial charge is 0.105 e. The predicted octanol–water partition coefficient (Wildman–Crippen LogP) is 5.24. The van der Waals surface area contributed by atoms with Crippen LogP contribution in [0.1, 0.15) is 31.9 Å². The summed E-state index contributed by atoms with van der Waals surface area (Å²) in [6.45, 7) is 9.21. The lowest BCUT2D eigenvalue weighted by Crippen LogP contribution is -2.42. The molecule has 0 spiro atoms. The monoisotopic (exact) mass is 415 g/mol. The van der Waals surface area contributed by atoms with E-state index in [0.29, 0.717) is 0 Å². The fourth-order valence-corrected chi connectivity index (χ4v) is 5.02. The van der Waals surface area contributed by atoms with Gasteiger partial charge in [0.25, 0.3) is 0 Å². The van der Waals surface area contributed by atoms with Crippen LogP contribution in [0.25, 0.3) is 22.4 Å². The van der Waals surface area contributed by atoms with Crippen molar-refractivity contribution in [1.29, 1.82) is 0 Å². The van der Waals surface area contributed by atoms with Gasteiger partial charge in [0.05, 0.1) is 5.69 Å². The van der Waals surface area contributed by atoms with Crippen molar-refractivity contribution in [1.82, 2.24) is 4.98 Å². The lowest BCUT2D eigenvalue weighted by Gasteiger charge is -2.43. The Hall–Kier alpha value is -1.93. The Balaban J connectivity index is 2.23. The first-order chi connectivity index (χ1) is 13.8. The van der Waals surface area contributed by atoms with Crippen molar-refractivity contribution in [3.05, 3.63) is 71.9 Å². The summed E-state index contributed by atoms with van der Waals surface area (Å²) >= 11 is 0. The average Bonchev–Trinajstić information content (AvgIpc) is 2.67. The molecule has 3 aromatic rings. The zero-order valence-electron chi connectivity index (χ0n) is 20.1. The van der Waals surface area contributed by atoms with Gasteiger partial charge in [-0.3, -0.25) is 4.98 Å². The minimum absolute atomic E-state index is 0.0330. The molecule has 1 heterocycles.